The van der Waals surface area contributed by atoms with Crippen molar-refractivity contribution in [2.24, 2.45) is 0 Å². The number of hydrogen-bond acceptors (Lipinski definition) is 7. The Kier molecular flexibility index (Phi) is 7.99. The Bertz CT molecular complexity index is 1550. The molecule has 0 aliphatic rings. The predicted octanol–water partition coefficient (Wildman–Crippen LogP) is 2.05. The summed E-state index contributed by atoms with van der Waals surface area (Å²) >= 11 is 12.2. The van der Waals surface area contributed by atoms with Crippen LogP contribution in [0, 0.1) is 5.82 Å². The topological polar surface area (TPSA) is 129 Å². The number of tetrazole rings is 1. The van der Waals surface area contributed by atoms with E-state index in [1.807, 2.05) is 0 Å². The summed E-state index contributed by atoms with van der Waals surface area (Å²) in [7, 11) is 0. The molecule has 192 valence electrons. The molecule has 0 unspecified atom stereocenters. The van der Waals surface area contributed by atoms with Gasteiger partial charge in [0.05, 0.1) is 12.2 Å². The summed E-state index contributed by atoms with van der Waals surface area (Å²) < 4.78 is 17.0. The lowest BCUT2D eigenvalue weighted by molar-refractivity contribution is -0.121. The molecule has 0 saturated heterocycles. The fourth-order valence-electron chi connectivity index (χ4n) is 3.66. The van der Waals surface area contributed by atoms with Crippen LogP contribution in [0.4, 0.5) is 4.39 Å². The van der Waals surface area contributed by atoms with Crippen LogP contribution in [0.15, 0.2) is 58.4 Å². The van der Waals surface area contributed by atoms with Gasteiger partial charge in [0.1, 0.15) is 18.7 Å². The van der Waals surface area contributed by atoms with Gasteiger partial charge < -0.3 is 10.7 Å². The third kappa shape index (κ3) is 6.04. The third-order valence-corrected chi connectivity index (χ3v) is 6.10. The van der Waals surface area contributed by atoms with Gasteiger partial charge in [0.25, 0.3) is 5.56 Å². The first-order chi connectivity index (χ1) is 17.8. The lowest BCUT2D eigenvalue weighted by atomic mass is 10.1. The molecular weight excluding hydrogens is 526 g/mol. The minimum absolute atomic E-state index is 0.0841. The van der Waals surface area contributed by atoms with E-state index in [9.17, 15) is 18.8 Å². The van der Waals surface area contributed by atoms with Crippen molar-refractivity contribution >= 4 is 29.1 Å². The first kappa shape index (κ1) is 26.0. The van der Waals surface area contributed by atoms with Crippen molar-refractivity contribution in [1.29, 1.82) is 0 Å². The Hall–Kier alpha value is -4.03. The van der Waals surface area contributed by atoms with E-state index in [1.54, 1.807) is 25.1 Å². The second-order valence-electron chi connectivity index (χ2n) is 7.91. The van der Waals surface area contributed by atoms with Crippen molar-refractivity contribution in [2.75, 3.05) is 5.43 Å². The number of rotatable bonds is 9. The summed E-state index contributed by atoms with van der Waals surface area (Å²) in [5.41, 5.74) is 3.31. The number of halogens is 3. The van der Waals surface area contributed by atoms with Crippen LogP contribution in [0.2, 0.25) is 10.0 Å². The van der Waals surface area contributed by atoms with Crippen LogP contribution in [0.3, 0.4) is 0 Å². The monoisotopic (exact) mass is 546 g/mol. The Morgan fingerprint density at radius 1 is 1.05 bits per heavy atom. The Balaban J connectivity index is 1.53. The Labute approximate surface area is 219 Å². The highest BCUT2D eigenvalue weighted by molar-refractivity contribution is 6.31. The first-order valence-corrected chi connectivity index (χ1v) is 11.8. The van der Waals surface area contributed by atoms with E-state index in [0.29, 0.717) is 34.0 Å². The van der Waals surface area contributed by atoms with Crippen molar-refractivity contribution < 1.29 is 9.18 Å². The van der Waals surface area contributed by atoms with Gasteiger partial charge in [0.2, 0.25) is 5.91 Å². The van der Waals surface area contributed by atoms with Crippen molar-refractivity contribution in [3.63, 3.8) is 0 Å². The standard InChI is InChI=1S/C23H21Cl2FN8O3/c1-2-18-9-22(36)34(29-11-14-8-17(26)4-5-19(14)25)23(37)32(18)12-21(35)27-10-15-7-16(24)3-6-20(15)33-13-28-30-31-33/h3-9,13,29H,2,10-12H2,1H3,(H,27,35). The number of carbonyl (C=O) groups is 1. The molecule has 0 saturated carbocycles. The van der Waals surface area contributed by atoms with Crippen LogP contribution in [0.25, 0.3) is 5.69 Å². The molecule has 1 amide bonds. The van der Waals surface area contributed by atoms with Gasteiger partial charge in [-0.3, -0.25) is 14.2 Å². The van der Waals surface area contributed by atoms with Crippen molar-refractivity contribution in [2.45, 2.75) is 33.0 Å². The third-order valence-electron chi connectivity index (χ3n) is 5.49. The summed E-state index contributed by atoms with van der Waals surface area (Å²) in [6.45, 7) is 1.42. The van der Waals surface area contributed by atoms with Crippen LogP contribution in [0.5, 0.6) is 0 Å². The summed E-state index contributed by atoms with van der Waals surface area (Å²) in [6.07, 6.45) is 1.75. The summed E-state index contributed by atoms with van der Waals surface area (Å²) in [5, 5.41) is 14.6. The van der Waals surface area contributed by atoms with E-state index in [-0.39, 0.29) is 24.7 Å². The largest absolute Gasteiger partial charge is 0.350 e. The second kappa shape index (κ2) is 11.4. The first-order valence-electron chi connectivity index (χ1n) is 11.1. The molecule has 4 rings (SSSR count). The van der Waals surface area contributed by atoms with Crippen LogP contribution in [0.1, 0.15) is 23.7 Å². The molecule has 0 aliphatic heterocycles. The molecule has 0 fully saturated rings. The van der Waals surface area contributed by atoms with E-state index in [1.165, 1.54) is 39.8 Å². The fraction of sp³-hybridized carbons (Fsp3) is 0.217. The van der Waals surface area contributed by atoms with Crippen molar-refractivity contribution in [3.05, 3.63) is 102 Å². The molecule has 2 heterocycles. The number of aromatic nitrogens is 6. The molecule has 2 aromatic heterocycles. The van der Waals surface area contributed by atoms with Gasteiger partial charge in [0.15, 0.2) is 0 Å². The fourth-order valence-corrected chi connectivity index (χ4v) is 4.04. The van der Waals surface area contributed by atoms with E-state index in [4.69, 9.17) is 23.2 Å². The van der Waals surface area contributed by atoms with Gasteiger partial charge >= 0.3 is 5.69 Å². The smallest absolute Gasteiger partial charge is 0.350 e. The average molecular weight is 547 g/mol. The van der Waals surface area contributed by atoms with Gasteiger partial charge in [-0.2, -0.15) is 4.68 Å². The lowest BCUT2D eigenvalue weighted by Gasteiger charge is -2.16. The number of benzene rings is 2. The average Bonchev–Trinajstić information content (AvgIpc) is 3.41. The predicted molar refractivity (Wildman–Crippen MR) is 135 cm³/mol. The minimum atomic E-state index is -0.746. The molecule has 37 heavy (non-hydrogen) atoms. The molecule has 0 bridgehead atoms. The molecule has 2 aromatic carbocycles. The maximum Gasteiger partial charge on any atom is 0.350 e. The zero-order chi connectivity index (χ0) is 26.5. The van der Waals surface area contributed by atoms with Gasteiger partial charge in [0, 0.05) is 28.4 Å². The van der Waals surface area contributed by atoms with Crippen LogP contribution < -0.4 is 22.0 Å². The summed E-state index contributed by atoms with van der Waals surface area (Å²) in [6, 6.07) is 10.1. The van der Waals surface area contributed by atoms with Crippen LogP contribution in [-0.2, 0) is 30.8 Å². The Morgan fingerprint density at radius 2 is 1.86 bits per heavy atom. The van der Waals surface area contributed by atoms with Crippen LogP contribution in [-0.4, -0.2) is 35.4 Å². The SMILES string of the molecule is CCc1cc(=O)n(NCc2cc(F)ccc2Cl)c(=O)n1CC(=O)NCc1cc(Cl)ccc1-n1cnnn1. The van der Waals surface area contributed by atoms with E-state index >= 15 is 0 Å². The van der Waals surface area contributed by atoms with Crippen molar-refractivity contribution in [1.82, 2.24) is 34.8 Å². The lowest BCUT2D eigenvalue weighted by Crippen LogP contribution is -2.47. The second-order valence-corrected chi connectivity index (χ2v) is 8.75. The highest BCUT2D eigenvalue weighted by atomic mass is 35.5. The van der Waals surface area contributed by atoms with Gasteiger partial charge in [-0.1, -0.05) is 30.1 Å². The molecule has 4 aromatic rings. The normalized spacial score (nSPS) is 10.9. The van der Waals surface area contributed by atoms with Gasteiger partial charge in [-0.15, -0.1) is 5.10 Å². The zero-order valence-corrected chi connectivity index (χ0v) is 21.0. The summed E-state index contributed by atoms with van der Waals surface area (Å²) in [4.78, 5) is 38.5. The van der Waals surface area contributed by atoms with Gasteiger partial charge in [-0.05, 0) is 64.4 Å². The highest BCUT2D eigenvalue weighted by Gasteiger charge is 2.15. The molecule has 11 nitrogen and oxygen atoms in total. The Morgan fingerprint density at radius 3 is 2.59 bits per heavy atom. The number of amides is 1. The van der Waals surface area contributed by atoms with E-state index in [0.717, 1.165) is 4.68 Å². The molecular formula is C23H21Cl2FN8O3. The number of nitrogens with one attached hydrogen (secondary N) is 2. The molecule has 0 radical (unpaired) electrons. The number of hydrogen-bond donors (Lipinski definition) is 2. The van der Waals surface area contributed by atoms with Gasteiger partial charge in [-0.25, -0.2) is 13.9 Å². The zero-order valence-electron chi connectivity index (χ0n) is 19.5. The number of aryl methyl sites for hydroxylation is 1. The molecule has 2 N–H and O–H groups in total. The highest BCUT2D eigenvalue weighted by Crippen LogP contribution is 2.19. The van der Waals surface area contributed by atoms with E-state index in [2.05, 4.69) is 26.3 Å². The molecule has 0 aliphatic carbocycles. The molecule has 0 atom stereocenters. The quantitative estimate of drug-likeness (QED) is 0.328. The molecule has 14 heteroatoms. The maximum absolute atomic E-state index is 13.6. The minimum Gasteiger partial charge on any atom is -0.350 e. The molecule has 0 spiro atoms. The van der Waals surface area contributed by atoms with Crippen LogP contribution >= 0.6 is 23.2 Å². The maximum atomic E-state index is 13.6. The van der Waals surface area contributed by atoms with E-state index < -0.39 is 23.0 Å². The number of carbonyl (C=O) groups excluding carboxylic acids is 1. The number of nitrogens with zero attached hydrogens (tertiary/aromatic N) is 6. The summed E-state index contributed by atoms with van der Waals surface area (Å²) in [5.74, 6) is -0.982. The van der Waals surface area contributed by atoms with Crippen molar-refractivity contribution in [3.8, 4) is 5.69 Å².